The predicted octanol–water partition coefficient (Wildman–Crippen LogP) is 4.03. The normalized spacial score (nSPS) is 14.2. The van der Waals surface area contributed by atoms with Crippen molar-refractivity contribution in [2.45, 2.75) is 45.1 Å². The lowest BCUT2D eigenvalue weighted by atomic mass is 10.1. The lowest BCUT2D eigenvalue weighted by molar-refractivity contribution is 0.0677. The Morgan fingerprint density at radius 1 is 1.23 bits per heavy atom. The molecule has 0 bridgehead atoms. The van der Waals surface area contributed by atoms with E-state index in [9.17, 15) is 9.18 Å². The predicted molar refractivity (Wildman–Crippen MR) is 97.1 cm³/mol. The van der Waals surface area contributed by atoms with Gasteiger partial charge in [-0.1, -0.05) is 25.0 Å². The molecule has 1 aromatic heterocycles. The van der Waals surface area contributed by atoms with Gasteiger partial charge >= 0.3 is 0 Å². The van der Waals surface area contributed by atoms with E-state index in [-0.39, 0.29) is 17.8 Å². The summed E-state index contributed by atoms with van der Waals surface area (Å²) in [6, 6.07) is 12.0. The monoisotopic (exact) mass is 351 g/mol. The molecule has 3 rings (SSSR count). The van der Waals surface area contributed by atoms with Crippen LogP contribution in [0.2, 0.25) is 0 Å². The molecule has 1 fully saturated rings. The Balaban J connectivity index is 1.79. The first kappa shape index (κ1) is 18.1. The van der Waals surface area contributed by atoms with Crippen LogP contribution in [0.5, 0.6) is 0 Å². The third kappa shape index (κ3) is 4.08. The molecule has 1 saturated carbocycles. The Kier molecular flexibility index (Phi) is 5.62. The molecule has 0 unspecified atom stereocenters. The maximum absolute atomic E-state index is 13.1. The van der Waals surface area contributed by atoms with Crippen molar-refractivity contribution in [3.8, 4) is 6.07 Å². The van der Waals surface area contributed by atoms with Gasteiger partial charge in [-0.2, -0.15) is 5.26 Å². The Labute approximate surface area is 153 Å². The lowest BCUT2D eigenvalue weighted by Crippen LogP contribution is -2.40. The van der Waals surface area contributed by atoms with Crippen LogP contribution in [0, 0.1) is 24.1 Å². The molecular formula is C21H22FN3O. The molecule has 0 saturated heterocycles. The van der Waals surface area contributed by atoms with E-state index in [0.717, 1.165) is 31.2 Å². The van der Waals surface area contributed by atoms with E-state index in [1.165, 1.54) is 12.1 Å². The second-order valence-electron chi connectivity index (χ2n) is 6.75. The molecule has 1 heterocycles. The fourth-order valence-electron chi connectivity index (χ4n) is 3.51. The standard InChI is InChI=1S/C21H22FN3O/c1-15-17(14-23)8-11-20(24-15)21(26)25(19-4-2-3-5-19)13-12-16-6-9-18(22)10-7-16/h6-11,19H,2-5,12-13H2,1H3. The number of aromatic nitrogens is 1. The number of aryl methyl sites for hydroxylation is 1. The molecule has 1 amide bonds. The number of halogens is 1. The van der Waals surface area contributed by atoms with Gasteiger partial charge in [0, 0.05) is 12.6 Å². The lowest BCUT2D eigenvalue weighted by Gasteiger charge is -2.29. The second kappa shape index (κ2) is 8.09. The van der Waals surface area contributed by atoms with Crippen LogP contribution >= 0.6 is 0 Å². The van der Waals surface area contributed by atoms with Crippen LogP contribution in [0.15, 0.2) is 36.4 Å². The summed E-state index contributed by atoms with van der Waals surface area (Å²) < 4.78 is 13.1. The van der Waals surface area contributed by atoms with Crippen LogP contribution in [-0.2, 0) is 6.42 Å². The van der Waals surface area contributed by atoms with Gasteiger partial charge in [-0.25, -0.2) is 9.37 Å². The summed E-state index contributed by atoms with van der Waals surface area (Å²) in [5.74, 6) is -0.346. The number of hydrogen-bond donors (Lipinski definition) is 0. The molecule has 134 valence electrons. The molecule has 1 aliphatic rings. The Morgan fingerprint density at radius 3 is 2.54 bits per heavy atom. The van der Waals surface area contributed by atoms with E-state index in [2.05, 4.69) is 11.1 Å². The van der Waals surface area contributed by atoms with Crippen LogP contribution in [-0.4, -0.2) is 28.4 Å². The fraction of sp³-hybridized carbons (Fsp3) is 0.381. The maximum atomic E-state index is 13.1. The minimum atomic E-state index is -0.255. The number of amides is 1. The summed E-state index contributed by atoms with van der Waals surface area (Å²) in [4.78, 5) is 19.3. The number of carbonyl (C=O) groups is 1. The number of pyridine rings is 1. The average Bonchev–Trinajstić information content (AvgIpc) is 3.17. The first-order valence-electron chi connectivity index (χ1n) is 9.01. The minimum absolute atomic E-state index is 0.0911. The van der Waals surface area contributed by atoms with Gasteiger partial charge in [-0.3, -0.25) is 4.79 Å². The Morgan fingerprint density at radius 2 is 1.92 bits per heavy atom. The molecular weight excluding hydrogens is 329 g/mol. The molecule has 0 N–H and O–H groups in total. The van der Waals surface area contributed by atoms with Gasteiger partial charge in [0.2, 0.25) is 0 Å². The van der Waals surface area contributed by atoms with Crippen molar-refractivity contribution in [1.29, 1.82) is 5.26 Å². The van der Waals surface area contributed by atoms with Crippen LogP contribution in [0.1, 0.15) is 53.0 Å². The second-order valence-corrected chi connectivity index (χ2v) is 6.75. The highest BCUT2D eigenvalue weighted by Gasteiger charge is 2.28. The summed E-state index contributed by atoms with van der Waals surface area (Å²) in [7, 11) is 0. The summed E-state index contributed by atoms with van der Waals surface area (Å²) in [5, 5.41) is 9.05. The third-order valence-electron chi connectivity index (χ3n) is 5.01. The van der Waals surface area contributed by atoms with Crippen LogP contribution in [0.25, 0.3) is 0 Å². The number of carbonyl (C=O) groups excluding carboxylic acids is 1. The first-order valence-corrected chi connectivity index (χ1v) is 9.01. The molecule has 1 aromatic carbocycles. The highest BCUT2D eigenvalue weighted by molar-refractivity contribution is 5.92. The number of nitrogens with zero attached hydrogens (tertiary/aromatic N) is 3. The summed E-state index contributed by atoms with van der Waals surface area (Å²) >= 11 is 0. The van der Waals surface area contributed by atoms with Crippen LogP contribution < -0.4 is 0 Å². The fourth-order valence-corrected chi connectivity index (χ4v) is 3.51. The Bertz CT molecular complexity index is 820. The van der Waals surface area contributed by atoms with Gasteiger partial charge in [0.1, 0.15) is 17.6 Å². The van der Waals surface area contributed by atoms with Gasteiger partial charge in [0.05, 0.1) is 11.3 Å². The van der Waals surface area contributed by atoms with E-state index >= 15 is 0 Å². The highest BCUT2D eigenvalue weighted by atomic mass is 19.1. The number of nitriles is 1. The Hall–Kier alpha value is -2.74. The quantitative estimate of drug-likeness (QED) is 0.817. The van der Waals surface area contributed by atoms with Gasteiger partial charge in [0.15, 0.2) is 0 Å². The molecule has 0 atom stereocenters. The summed E-state index contributed by atoms with van der Waals surface area (Å²) in [6.45, 7) is 2.32. The van der Waals surface area contributed by atoms with Crippen molar-refractivity contribution in [2.75, 3.05) is 6.54 Å². The van der Waals surface area contributed by atoms with E-state index in [1.807, 2.05) is 4.90 Å². The highest BCUT2D eigenvalue weighted by Crippen LogP contribution is 2.25. The van der Waals surface area contributed by atoms with Crippen molar-refractivity contribution >= 4 is 5.91 Å². The van der Waals surface area contributed by atoms with E-state index < -0.39 is 0 Å². The van der Waals surface area contributed by atoms with Crippen molar-refractivity contribution in [2.24, 2.45) is 0 Å². The van der Waals surface area contributed by atoms with Crippen molar-refractivity contribution in [1.82, 2.24) is 9.88 Å². The van der Waals surface area contributed by atoms with Gasteiger partial charge < -0.3 is 4.90 Å². The summed E-state index contributed by atoms with van der Waals surface area (Å²) in [5.41, 5.74) is 2.45. The minimum Gasteiger partial charge on any atom is -0.334 e. The molecule has 0 aliphatic heterocycles. The van der Waals surface area contributed by atoms with Crippen LogP contribution in [0.4, 0.5) is 4.39 Å². The molecule has 0 radical (unpaired) electrons. The topological polar surface area (TPSA) is 57.0 Å². The number of benzene rings is 1. The molecule has 1 aliphatic carbocycles. The van der Waals surface area contributed by atoms with Crippen molar-refractivity contribution in [3.05, 3.63) is 64.7 Å². The number of rotatable bonds is 5. The molecule has 2 aromatic rings. The van der Waals surface area contributed by atoms with Gasteiger partial charge in [-0.05, 0) is 56.0 Å². The zero-order valence-corrected chi connectivity index (χ0v) is 14.9. The molecule has 26 heavy (non-hydrogen) atoms. The third-order valence-corrected chi connectivity index (χ3v) is 5.01. The maximum Gasteiger partial charge on any atom is 0.272 e. The zero-order chi connectivity index (χ0) is 18.5. The van der Waals surface area contributed by atoms with Crippen molar-refractivity contribution in [3.63, 3.8) is 0 Å². The SMILES string of the molecule is Cc1nc(C(=O)N(CCc2ccc(F)cc2)C2CCCC2)ccc1C#N. The average molecular weight is 351 g/mol. The molecule has 4 nitrogen and oxygen atoms in total. The largest absolute Gasteiger partial charge is 0.334 e. The molecule has 5 heteroatoms. The van der Waals surface area contributed by atoms with Crippen molar-refractivity contribution < 1.29 is 9.18 Å². The van der Waals surface area contributed by atoms with Gasteiger partial charge in [0.25, 0.3) is 5.91 Å². The first-order chi connectivity index (χ1) is 12.6. The molecule has 0 spiro atoms. The van der Waals surface area contributed by atoms with E-state index in [1.54, 1.807) is 31.2 Å². The van der Waals surface area contributed by atoms with Crippen LogP contribution in [0.3, 0.4) is 0 Å². The smallest absolute Gasteiger partial charge is 0.272 e. The number of hydrogen-bond acceptors (Lipinski definition) is 3. The zero-order valence-electron chi connectivity index (χ0n) is 14.9. The summed E-state index contributed by atoms with van der Waals surface area (Å²) in [6.07, 6.45) is 4.95. The van der Waals surface area contributed by atoms with E-state index in [4.69, 9.17) is 5.26 Å². The van der Waals surface area contributed by atoms with E-state index in [0.29, 0.717) is 29.9 Å². The van der Waals surface area contributed by atoms with Gasteiger partial charge in [-0.15, -0.1) is 0 Å².